The zero-order valence-corrected chi connectivity index (χ0v) is 11.9. The molecule has 1 aromatic heterocycles. The topological polar surface area (TPSA) is 76.2 Å². The molecule has 1 fully saturated rings. The molecule has 19 heavy (non-hydrogen) atoms. The Morgan fingerprint density at radius 2 is 2.00 bits per heavy atom. The highest BCUT2D eigenvalue weighted by Crippen LogP contribution is 2.32. The van der Waals surface area contributed by atoms with Crippen LogP contribution in [0.5, 0.6) is 0 Å². The predicted octanol–water partition coefficient (Wildman–Crippen LogP) is 1.22. The molecular weight excluding hydrogens is 246 g/mol. The Labute approximate surface area is 112 Å². The molecule has 2 heterocycles. The maximum atomic E-state index is 11.1. The van der Waals surface area contributed by atoms with Gasteiger partial charge in [-0.1, -0.05) is 0 Å². The van der Waals surface area contributed by atoms with Crippen molar-refractivity contribution in [2.45, 2.75) is 32.2 Å². The van der Waals surface area contributed by atoms with Gasteiger partial charge in [-0.2, -0.15) is 0 Å². The van der Waals surface area contributed by atoms with Crippen LogP contribution in [-0.2, 0) is 7.05 Å². The molecule has 1 saturated heterocycles. The second-order valence-corrected chi connectivity index (χ2v) is 5.42. The van der Waals surface area contributed by atoms with E-state index in [2.05, 4.69) is 22.1 Å². The Morgan fingerprint density at radius 1 is 1.42 bits per heavy atom. The summed E-state index contributed by atoms with van der Waals surface area (Å²) >= 11 is 0. The maximum absolute atomic E-state index is 11.1. The Bertz CT molecular complexity index is 489. The zero-order chi connectivity index (χ0) is 14.2. The molecule has 7 nitrogen and oxygen atoms in total. The Kier molecular flexibility index (Phi) is 3.49. The van der Waals surface area contributed by atoms with Gasteiger partial charge in [-0.3, -0.25) is 4.57 Å². The van der Waals surface area contributed by atoms with Crippen molar-refractivity contribution in [3.63, 3.8) is 0 Å². The van der Waals surface area contributed by atoms with Crippen LogP contribution < -0.4 is 10.2 Å². The number of rotatable bonds is 3. The molecule has 2 rings (SSSR count). The molecule has 0 spiro atoms. The summed E-state index contributed by atoms with van der Waals surface area (Å²) in [4.78, 5) is 16.8. The fourth-order valence-corrected chi connectivity index (χ4v) is 2.52. The largest absolute Gasteiger partial charge is 0.406 e. The van der Waals surface area contributed by atoms with E-state index in [4.69, 9.17) is 0 Å². The van der Waals surface area contributed by atoms with Gasteiger partial charge in [0.1, 0.15) is 0 Å². The molecule has 1 aliphatic rings. The lowest BCUT2D eigenvalue weighted by atomic mass is 9.90. The monoisotopic (exact) mass is 267 g/mol. The molecular formula is C12H21N5O2. The summed E-state index contributed by atoms with van der Waals surface area (Å²) in [5.41, 5.74) is 0.124. The molecule has 0 amide bonds. The Morgan fingerprint density at radius 3 is 2.47 bits per heavy atom. The molecule has 7 heteroatoms. The first kappa shape index (κ1) is 13.8. The van der Waals surface area contributed by atoms with Crippen LogP contribution >= 0.6 is 0 Å². The number of imidazole rings is 1. The minimum Gasteiger partial charge on any atom is -0.358 e. The summed E-state index contributed by atoms with van der Waals surface area (Å²) in [5, 5.41) is 14.4. The number of nitrogens with zero attached hydrogens (tertiary/aromatic N) is 4. The molecule has 0 unspecified atom stereocenters. The lowest BCUT2D eigenvalue weighted by molar-refractivity contribution is -0.388. The standard InChI is InChI=1S/C12H21N5O2/c1-9-14-10(17(18)19)11(15(9)4)16-7-5-12(2,13-3)6-8-16/h13H,5-8H2,1-4H3. The molecule has 1 aromatic rings. The molecule has 0 atom stereocenters. The fourth-order valence-electron chi connectivity index (χ4n) is 2.52. The van der Waals surface area contributed by atoms with E-state index in [-0.39, 0.29) is 11.4 Å². The Hall–Kier alpha value is -1.63. The van der Waals surface area contributed by atoms with Crippen molar-refractivity contribution < 1.29 is 4.92 Å². The van der Waals surface area contributed by atoms with Crippen LogP contribution in [0.3, 0.4) is 0 Å². The van der Waals surface area contributed by atoms with E-state index in [1.807, 2.05) is 14.1 Å². The van der Waals surface area contributed by atoms with E-state index in [0.29, 0.717) is 11.6 Å². The highest BCUT2D eigenvalue weighted by atomic mass is 16.6. The van der Waals surface area contributed by atoms with Gasteiger partial charge in [0.05, 0.1) is 0 Å². The van der Waals surface area contributed by atoms with Crippen LogP contribution in [0.1, 0.15) is 25.6 Å². The van der Waals surface area contributed by atoms with Gasteiger partial charge in [0.15, 0.2) is 0 Å². The predicted molar refractivity (Wildman–Crippen MR) is 73.5 cm³/mol. The van der Waals surface area contributed by atoms with Crippen LogP contribution in [-0.4, -0.2) is 40.2 Å². The minimum absolute atomic E-state index is 0.0342. The highest BCUT2D eigenvalue weighted by Gasteiger charge is 2.34. The van der Waals surface area contributed by atoms with Crippen LogP contribution in [0.15, 0.2) is 0 Å². The second kappa shape index (κ2) is 4.80. The molecule has 0 bridgehead atoms. The van der Waals surface area contributed by atoms with E-state index in [1.54, 1.807) is 11.5 Å². The van der Waals surface area contributed by atoms with Crippen LogP contribution in [0.4, 0.5) is 11.6 Å². The smallest absolute Gasteiger partial charge is 0.358 e. The quantitative estimate of drug-likeness (QED) is 0.658. The molecule has 0 radical (unpaired) electrons. The number of nitrogens with one attached hydrogen (secondary N) is 1. The van der Waals surface area contributed by atoms with Crippen molar-refractivity contribution in [2.24, 2.45) is 7.05 Å². The van der Waals surface area contributed by atoms with Crippen LogP contribution in [0.25, 0.3) is 0 Å². The summed E-state index contributed by atoms with van der Waals surface area (Å²) in [5.74, 6) is 1.26. The van der Waals surface area contributed by atoms with Crippen molar-refractivity contribution in [2.75, 3.05) is 25.0 Å². The second-order valence-electron chi connectivity index (χ2n) is 5.42. The summed E-state index contributed by atoms with van der Waals surface area (Å²) in [7, 11) is 3.79. The molecule has 1 aliphatic heterocycles. The number of nitro groups is 1. The first-order valence-electron chi connectivity index (χ1n) is 6.49. The SMILES string of the molecule is CNC1(C)CCN(c2c([N+](=O)[O-])nc(C)n2C)CC1. The molecule has 0 aromatic carbocycles. The zero-order valence-electron chi connectivity index (χ0n) is 11.9. The number of hydrogen-bond donors (Lipinski definition) is 1. The number of piperidine rings is 1. The average Bonchev–Trinajstić information content (AvgIpc) is 2.68. The van der Waals surface area contributed by atoms with Crippen molar-refractivity contribution in [3.8, 4) is 0 Å². The van der Waals surface area contributed by atoms with Crippen molar-refractivity contribution in [1.29, 1.82) is 0 Å². The van der Waals surface area contributed by atoms with E-state index >= 15 is 0 Å². The van der Waals surface area contributed by atoms with E-state index < -0.39 is 4.92 Å². The van der Waals surface area contributed by atoms with Gasteiger partial charge >= 0.3 is 5.82 Å². The summed E-state index contributed by atoms with van der Waals surface area (Å²) in [6.07, 6.45) is 1.93. The van der Waals surface area contributed by atoms with Gasteiger partial charge in [-0.25, -0.2) is 0 Å². The van der Waals surface area contributed by atoms with Crippen molar-refractivity contribution >= 4 is 11.6 Å². The number of anilines is 1. The van der Waals surface area contributed by atoms with Crippen molar-refractivity contribution in [1.82, 2.24) is 14.9 Å². The lowest BCUT2D eigenvalue weighted by Crippen LogP contribution is -2.50. The van der Waals surface area contributed by atoms with E-state index in [0.717, 1.165) is 25.9 Å². The third-order valence-electron chi connectivity index (χ3n) is 4.21. The molecule has 106 valence electrons. The van der Waals surface area contributed by atoms with Gasteiger partial charge in [0.2, 0.25) is 11.6 Å². The van der Waals surface area contributed by atoms with Gasteiger partial charge < -0.3 is 20.3 Å². The summed E-state index contributed by atoms with van der Waals surface area (Å²) in [6.45, 7) is 5.58. The van der Waals surface area contributed by atoms with Gasteiger partial charge in [-0.05, 0) is 36.7 Å². The van der Waals surface area contributed by atoms with Gasteiger partial charge in [-0.15, -0.1) is 0 Å². The highest BCUT2D eigenvalue weighted by molar-refractivity contribution is 5.56. The van der Waals surface area contributed by atoms with Gasteiger partial charge in [0, 0.05) is 32.6 Å². The van der Waals surface area contributed by atoms with Gasteiger partial charge in [0.25, 0.3) is 0 Å². The summed E-state index contributed by atoms with van der Waals surface area (Å²) in [6, 6.07) is 0. The average molecular weight is 267 g/mol. The molecule has 1 N–H and O–H groups in total. The third-order valence-corrected chi connectivity index (χ3v) is 4.21. The Balaban J connectivity index is 2.27. The normalized spacial score (nSPS) is 18.6. The molecule has 0 saturated carbocycles. The van der Waals surface area contributed by atoms with E-state index in [9.17, 15) is 10.1 Å². The van der Waals surface area contributed by atoms with Crippen LogP contribution in [0, 0.1) is 17.0 Å². The minimum atomic E-state index is -0.395. The number of hydrogen-bond acceptors (Lipinski definition) is 5. The van der Waals surface area contributed by atoms with Crippen molar-refractivity contribution in [3.05, 3.63) is 15.9 Å². The first-order valence-corrected chi connectivity index (χ1v) is 6.49. The lowest BCUT2D eigenvalue weighted by Gasteiger charge is -2.39. The number of aromatic nitrogens is 2. The van der Waals surface area contributed by atoms with Crippen LogP contribution in [0.2, 0.25) is 0 Å². The number of aryl methyl sites for hydroxylation is 1. The third kappa shape index (κ3) is 2.42. The molecule has 0 aliphatic carbocycles. The summed E-state index contributed by atoms with van der Waals surface area (Å²) < 4.78 is 1.81. The fraction of sp³-hybridized carbons (Fsp3) is 0.750. The van der Waals surface area contributed by atoms with E-state index in [1.165, 1.54) is 0 Å². The maximum Gasteiger partial charge on any atom is 0.406 e. The first-order chi connectivity index (χ1) is 8.88.